The molecular weight excluding hydrogens is 1400 g/mol. The number of nitrogens with one attached hydrogen (secondary N) is 4. The van der Waals surface area contributed by atoms with Gasteiger partial charge in [-0.1, -0.05) is 60.1 Å². The van der Waals surface area contributed by atoms with Gasteiger partial charge in [-0.15, -0.1) is 0 Å². The van der Waals surface area contributed by atoms with Crippen molar-refractivity contribution in [1.82, 2.24) is 89.8 Å². The number of imidazole rings is 1. The first-order valence-electron chi connectivity index (χ1n) is 36.1. The number of nitrogens with two attached hydrogens (primary N) is 3. The number of aromatic nitrogens is 18. The van der Waals surface area contributed by atoms with Crippen molar-refractivity contribution in [1.29, 1.82) is 0 Å². The number of hydrogen-bond acceptors (Lipinski definition) is 19. The third-order valence-corrected chi connectivity index (χ3v) is 24.7. The van der Waals surface area contributed by atoms with E-state index in [4.69, 9.17) is 58.7 Å². The molecule has 0 bridgehead atoms. The number of nitrogens with zero attached hydrogens (tertiary/aromatic N) is 17. The summed E-state index contributed by atoms with van der Waals surface area (Å²) >= 11 is 6.71. The lowest BCUT2D eigenvalue weighted by Crippen LogP contribution is -2.32. The molecule has 108 heavy (non-hydrogen) atoms. The molecule has 30 heteroatoms. The van der Waals surface area contributed by atoms with Crippen LogP contribution in [0.5, 0.6) is 0 Å². The monoisotopic (exact) mass is 1470 g/mol. The van der Waals surface area contributed by atoms with E-state index in [9.17, 15) is 22.4 Å². The van der Waals surface area contributed by atoms with Gasteiger partial charge in [0.25, 0.3) is 0 Å². The molecule has 25 nitrogen and oxygen atoms in total. The van der Waals surface area contributed by atoms with Crippen molar-refractivity contribution in [2.75, 3.05) is 73.6 Å². The molecule has 3 saturated carbocycles. The van der Waals surface area contributed by atoms with Crippen molar-refractivity contribution in [2.45, 2.75) is 35.5 Å². The zero-order chi connectivity index (χ0) is 73.6. The van der Waals surface area contributed by atoms with Crippen LogP contribution in [0.1, 0.15) is 36.0 Å². The number of benzene rings is 6. The topological polar surface area (TPSA) is 333 Å². The van der Waals surface area contributed by atoms with Crippen molar-refractivity contribution in [3.8, 4) is 33.8 Å². The normalized spacial score (nSPS) is 23.3. The molecule has 10 N–H and O–H groups in total. The molecule has 0 amide bonds. The Labute approximate surface area is 617 Å². The maximum absolute atomic E-state index is 14.7. The number of anilines is 3. The lowest BCUT2D eigenvalue weighted by Gasteiger charge is -2.26. The van der Waals surface area contributed by atoms with Crippen LogP contribution in [0.4, 0.5) is 35.0 Å². The highest BCUT2D eigenvalue weighted by atomic mass is 35.5. The zero-order valence-corrected chi connectivity index (χ0v) is 59.3. The summed E-state index contributed by atoms with van der Waals surface area (Å²) in [5.74, 6) is 2.64. The predicted molar refractivity (Wildman–Crippen MR) is 404 cm³/mol. The Balaban J connectivity index is 0.000000110. The predicted octanol–water partition coefficient (Wildman–Crippen LogP) is 10.3. The zero-order valence-electron chi connectivity index (χ0n) is 58.5. The number of fused-ring (bicyclic) bond motifs is 9. The van der Waals surface area contributed by atoms with E-state index < -0.39 is 17.0 Å². The maximum atomic E-state index is 14.7. The standard InChI is InChI=1S/C26H23ClF2N8.C26H25FN8O.C26H23FN8/c1-36-10-17-20(35-36)3-2-16(22(17)27)23-24-25(34-33-23)32-21(9-31-24)37-5-4-18-19(11-37)26(18,12-30)13-6-14(28)8-15(29)7-13;1-34-20-7-6-14(10-19(20)30-25(34)36)22-23-24(33-32-22)31-21(11-29-23)35-9-8-15-17(12-35)26(15,13-28)16-4-2-3-5-18(16)27;27-20-4-2-1-3-18(20)26(13-28)17-7-8-35(12-19(17)26)22-11-30-24-23(33-34-25(24)32-22)15-5-6-21-16(9-15)10-29-14-31-21/h2-3,6-10,18-19H,4-5,11-12,30H2,1H3,(H,32,33,34);2-7,10-11,15,17H,8-9,12-13,28H2,1H3,(H,30,36)(H,31,32,33);1-6,9-11,14,17,19H,7-8,12-13,28H2,(H,32,33,34)/t18-,19+,26+;15-,17+,26-;17-,19+,26-/m111/s1. The Morgan fingerprint density at radius 3 is 1.57 bits per heavy atom. The first-order valence-corrected chi connectivity index (χ1v) is 36.4. The van der Waals surface area contributed by atoms with Crippen molar-refractivity contribution in [3.63, 3.8) is 0 Å². The van der Waals surface area contributed by atoms with Crippen LogP contribution in [0.15, 0.2) is 157 Å². The van der Waals surface area contributed by atoms with E-state index in [-0.39, 0.29) is 45.9 Å². The molecule has 3 aliphatic carbocycles. The molecule has 0 radical (unpaired) electrons. The number of hydrogen-bond donors (Lipinski definition) is 7. The highest BCUT2D eigenvalue weighted by Gasteiger charge is 2.68. The number of halogens is 5. The summed E-state index contributed by atoms with van der Waals surface area (Å²) in [4.78, 5) is 58.4. The third-order valence-electron chi connectivity index (χ3n) is 24.3. The lowest BCUT2D eigenvalue weighted by molar-refractivity contribution is 0.533. The lowest BCUT2D eigenvalue weighted by atomic mass is 9.91. The van der Waals surface area contributed by atoms with Crippen LogP contribution >= 0.6 is 11.6 Å². The van der Waals surface area contributed by atoms with Gasteiger partial charge >= 0.3 is 5.69 Å². The van der Waals surface area contributed by atoms with Gasteiger partial charge in [-0.3, -0.25) is 24.5 Å². The summed E-state index contributed by atoms with van der Waals surface area (Å²) in [5, 5.41) is 29.3. The summed E-state index contributed by atoms with van der Waals surface area (Å²) in [6, 6.07) is 33.3. The fourth-order valence-corrected chi connectivity index (χ4v) is 19.1. The largest absolute Gasteiger partial charge is 0.355 e. The molecule has 6 fully saturated rings. The second-order valence-electron chi connectivity index (χ2n) is 29.4. The number of H-pyrrole nitrogens is 4. The van der Waals surface area contributed by atoms with E-state index in [0.717, 1.165) is 142 Å². The Kier molecular flexibility index (Phi) is 15.8. The highest BCUT2D eigenvalue weighted by molar-refractivity contribution is 6.38. The van der Waals surface area contributed by atoms with Crippen molar-refractivity contribution in [3.05, 3.63) is 208 Å². The second-order valence-corrected chi connectivity index (χ2v) is 29.7. The van der Waals surface area contributed by atoms with Crippen LogP contribution < -0.4 is 37.6 Å². The summed E-state index contributed by atoms with van der Waals surface area (Å²) in [6.45, 7) is 5.86. The van der Waals surface area contributed by atoms with Gasteiger partial charge in [0.15, 0.2) is 16.9 Å². The first-order chi connectivity index (χ1) is 52.6. The van der Waals surface area contributed by atoms with Crippen LogP contribution in [-0.2, 0) is 30.3 Å². The fourth-order valence-electron chi connectivity index (χ4n) is 18.8. The molecule has 0 spiro atoms. The van der Waals surface area contributed by atoms with Gasteiger partial charge in [0.1, 0.15) is 80.7 Å². The van der Waals surface area contributed by atoms with Crippen molar-refractivity contribution in [2.24, 2.45) is 66.8 Å². The van der Waals surface area contributed by atoms with Crippen LogP contribution in [0.2, 0.25) is 5.02 Å². The molecule has 6 aromatic carbocycles. The molecule has 3 aliphatic heterocycles. The number of aryl methyl sites for hydroxylation is 2. The molecule has 544 valence electrons. The van der Waals surface area contributed by atoms with Crippen LogP contribution in [0, 0.1) is 58.8 Å². The highest BCUT2D eigenvalue weighted by Crippen LogP contribution is 2.66. The van der Waals surface area contributed by atoms with Gasteiger partial charge in [0, 0.05) is 135 Å². The Bertz CT molecular complexity index is 6140. The van der Waals surface area contributed by atoms with E-state index in [0.29, 0.717) is 99.4 Å². The third kappa shape index (κ3) is 10.6. The summed E-state index contributed by atoms with van der Waals surface area (Å²) in [7, 11) is 3.58. The van der Waals surface area contributed by atoms with Gasteiger partial charge in [-0.05, 0) is 132 Å². The molecule has 12 heterocycles. The minimum absolute atomic E-state index is 0.161. The van der Waals surface area contributed by atoms with E-state index in [1.807, 2.05) is 86.0 Å². The minimum Gasteiger partial charge on any atom is -0.355 e. The molecule has 0 unspecified atom stereocenters. The van der Waals surface area contributed by atoms with E-state index in [1.165, 1.54) is 30.6 Å². The van der Waals surface area contributed by atoms with Gasteiger partial charge in [0.2, 0.25) is 0 Å². The van der Waals surface area contributed by atoms with Crippen LogP contribution in [0.3, 0.4) is 0 Å². The molecule has 15 aromatic rings. The average Bonchev–Trinajstić information content (AvgIpc) is 1.54. The molecule has 3 saturated heterocycles. The number of piperidine rings is 3. The van der Waals surface area contributed by atoms with Crippen molar-refractivity contribution >= 4 is 95.4 Å². The van der Waals surface area contributed by atoms with Gasteiger partial charge in [-0.25, -0.2) is 62.2 Å². The number of aromatic amines is 4. The van der Waals surface area contributed by atoms with E-state index >= 15 is 0 Å². The van der Waals surface area contributed by atoms with Gasteiger partial charge in [-0.2, -0.15) is 20.4 Å². The smallest absolute Gasteiger partial charge is 0.326 e. The Hall–Kier alpha value is -11.7. The van der Waals surface area contributed by atoms with E-state index in [1.54, 1.807) is 53.2 Å². The summed E-state index contributed by atoms with van der Waals surface area (Å²) < 4.78 is 60.6. The molecule has 9 aromatic heterocycles. The SMILES string of the molecule is Cn1c(=O)[nH]c2cc(-c3n[nH]c4nc(N5CC[C@@H]6[C@H](C5)[C@@]6(CN)c5ccccc5F)cnc34)ccc21.Cn1cc2c(Cl)c(-c3n[nH]c4nc(N5CC[C@@H]6[C@H](C5)[C@@]6(CN)c5cc(F)cc(F)c5)cnc34)ccc2n1.NC[C@]1(c2ccccc2F)[C@@H]2CCN(c3cnc4c(-c5ccc6ncncc6c5)n[nH]c4n3)C[C@@H]21. The minimum atomic E-state index is -0.572. The average molecular weight is 1470 g/mol. The maximum Gasteiger partial charge on any atom is 0.326 e. The summed E-state index contributed by atoms with van der Waals surface area (Å²) in [5.41, 5.74) is 31.3. The summed E-state index contributed by atoms with van der Waals surface area (Å²) in [6.07, 6.45) is 13.3. The van der Waals surface area contributed by atoms with Crippen LogP contribution in [0.25, 0.3) is 100 Å². The first kappa shape index (κ1) is 67.0. The van der Waals surface area contributed by atoms with E-state index in [2.05, 4.69) is 65.3 Å². The Morgan fingerprint density at radius 2 is 1.03 bits per heavy atom. The van der Waals surface area contributed by atoms with Crippen molar-refractivity contribution < 1.29 is 17.6 Å². The van der Waals surface area contributed by atoms with Gasteiger partial charge in [0.05, 0.1) is 45.7 Å². The second kappa shape index (κ2) is 25.5. The fraction of sp³-hybridized carbons (Fsp3) is 0.295. The van der Waals surface area contributed by atoms with Crippen LogP contribution in [-0.4, -0.2) is 149 Å². The molecule has 6 aliphatic rings. The molecular formula is C78H71ClF4N24O. The van der Waals surface area contributed by atoms with Gasteiger partial charge < -0.3 is 36.9 Å². The number of rotatable bonds is 12. The Morgan fingerprint density at radius 1 is 0.537 bits per heavy atom. The molecule has 9 atom stereocenters. The quantitative estimate of drug-likeness (QED) is 0.0559. The molecule has 21 rings (SSSR count).